The van der Waals surface area contributed by atoms with Gasteiger partial charge < -0.3 is 0 Å². The predicted octanol–water partition coefficient (Wildman–Crippen LogP) is 6.29. The maximum atomic E-state index is 2.37. The van der Waals surface area contributed by atoms with Gasteiger partial charge in [0.05, 0.1) is 0 Å². The molecule has 0 spiro atoms. The van der Waals surface area contributed by atoms with E-state index in [1.165, 1.54) is 44.9 Å². The molecule has 96 valence electrons. The quantitative estimate of drug-likeness (QED) is 0.526. The van der Waals surface area contributed by atoms with E-state index >= 15 is 0 Å². The highest BCUT2D eigenvalue weighted by Gasteiger charge is 1.94. The first-order chi connectivity index (χ1) is 7.85. The smallest absolute Gasteiger partial charge is 0.0282 e. The van der Waals surface area contributed by atoms with Gasteiger partial charge in [-0.3, -0.25) is 0 Å². The summed E-state index contributed by atoms with van der Waals surface area (Å²) in [6, 6.07) is 0. The lowest BCUT2D eigenvalue weighted by atomic mass is 10.0. The zero-order valence-electron chi connectivity index (χ0n) is 12.2. The van der Waals surface area contributed by atoms with Crippen LogP contribution >= 0.6 is 0 Å². The van der Waals surface area contributed by atoms with E-state index in [2.05, 4.69) is 39.0 Å². The van der Waals surface area contributed by atoms with Crippen molar-refractivity contribution in [2.24, 2.45) is 0 Å². The Labute approximate surface area is 104 Å². The van der Waals surface area contributed by atoms with E-state index in [0.717, 1.165) is 0 Å². The summed E-state index contributed by atoms with van der Waals surface area (Å²) in [5, 5.41) is 0. The fourth-order valence-electron chi connectivity index (χ4n) is 1.23. The van der Waals surface area contributed by atoms with Crippen LogP contribution in [0.5, 0.6) is 0 Å². The van der Waals surface area contributed by atoms with Crippen LogP contribution in [0, 0.1) is 0 Å². The van der Waals surface area contributed by atoms with Gasteiger partial charge >= 0.3 is 0 Å². The molecule has 0 bridgehead atoms. The molecule has 0 amide bonds. The molecule has 0 aromatic carbocycles. The van der Waals surface area contributed by atoms with E-state index < -0.39 is 0 Å². The van der Waals surface area contributed by atoms with Gasteiger partial charge in [0.2, 0.25) is 0 Å². The zero-order chi connectivity index (χ0) is 12.6. The van der Waals surface area contributed by atoms with E-state index in [1.54, 1.807) is 5.57 Å². The molecule has 0 fully saturated rings. The molecule has 0 saturated heterocycles. The molecule has 0 heterocycles. The van der Waals surface area contributed by atoms with Crippen molar-refractivity contribution in [1.29, 1.82) is 0 Å². The maximum Gasteiger partial charge on any atom is -0.0282 e. The van der Waals surface area contributed by atoms with E-state index in [0.29, 0.717) is 0 Å². The molecular weight excluding hydrogens is 192 g/mol. The summed E-state index contributed by atoms with van der Waals surface area (Å²) in [6.07, 6.45) is 16.0. The summed E-state index contributed by atoms with van der Waals surface area (Å²) in [4.78, 5) is 0. The normalized spacial score (nSPS) is 12.9. The molecule has 0 aromatic heterocycles. The minimum atomic E-state index is 1.25. The first-order valence-electron chi connectivity index (χ1n) is 7.20. The van der Waals surface area contributed by atoms with E-state index in [9.17, 15) is 0 Å². The Morgan fingerprint density at radius 1 is 0.938 bits per heavy atom. The number of hydrogen-bond donors (Lipinski definition) is 0. The molecule has 0 aliphatic heterocycles. The molecule has 0 aromatic rings. The van der Waals surface area contributed by atoms with Gasteiger partial charge in [0.15, 0.2) is 0 Å². The minimum absolute atomic E-state index is 1.25. The van der Waals surface area contributed by atoms with Gasteiger partial charge in [0.1, 0.15) is 0 Å². The summed E-state index contributed by atoms with van der Waals surface area (Å²) in [5.41, 5.74) is 1.55. The molecule has 0 saturated carbocycles. The SMILES string of the molecule is CC.CCCC.CCCCC1=CCCC=C1. The minimum Gasteiger partial charge on any atom is -0.0840 e. The molecule has 0 unspecified atom stereocenters. The predicted molar refractivity (Wildman–Crippen MR) is 77.9 cm³/mol. The molecule has 0 N–H and O–H groups in total. The van der Waals surface area contributed by atoms with Crippen molar-refractivity contribution in [3.63, 3.8) is 0 Å². The monoisotopic (exact) mass is 224 g/mol. The second-order valence-electron chi connectivity index (χ2n) is 3.86. The van der Waals surface area contributed by atoms with Crippen LogP contribution in [0.15, 0.2) is 23.8 Å². The van der Waals surface area contributed by atoms with Crippen LogP contribution < -0.4 is 0 Å². The Kier molecular flexibility index (Phi) is 18.9. The lowest BCUT2D eigenvalue weighted by Crippen LogP contribution is -1.84. The molecular formula is C16H32. The number of hydrogen-bond acceptors (Lipinski definition) is 0. The second kappa shape index (κ2) is 16.9. The maximum absolute atomic E-state index is 2.37. The Morgan fingerprint density at radius 2 is 1.56 bits per heavy atom. The molecule has 0 atom stereocenters. The Balaban J connectivity index is 0. The summed E-state index contributed by atoms with van der Waals surface area (Å²) in [7, 11) is 0. The molecule has 16 heavy (non-hydrogen) atoms. The number of unbranched alkanes of at least 4 members (excludes halogenated alkanes) is 2. The van der Waals surface area contributed by atoms with E-state index in [1.807, 2.05) is 13.8 Å². The van der Waals surface area contributed by atoms with Crippen LogP contribution in [0.1, 0.15) is 79.6 Å². The highest BCUT2D eigenvalue weighted by molar-refractivity contribution is 5.21. The van der Waals surface area contributed by atoms with Crippen LogP contribution in [0.2, 0.25) is 0 Å². The summed E-state index contributed by atoms with van der Waals surface area (Å²) < 4.78 is 0. The van der Waals surface area contributed by atoms with Crippen molar-refractivity contribution in [2.75, 3.05) is 0 Å². The van der Waals surface area contributed by atoms with Crippen molar-refractivity contribution in [1.82, 2.24) is 0 Å². The molecule has 1 aliphatic rings. The average molecular weight is 224 g/mol. The lowest BCUT2D eigenvalue weighted by Gasteiger charge is -2.04. The van der Waals surface area contributed by atoms with Crippen molar-refractivity contribution in [2.45, 2.75) is 79.6 Å². The summed E-state index contributed by atoms with van der Waals surface area (Å²) in [6.45, 7) is 10.6. The lowest BCUT2D eigenvalue weighted by molar-refractivity contribution is 0.789. The molecule has 0 heteroatoms. The van der Waals surface area contributed by atoms with Crippen molar-refractivity contribution in [3.8, 4) is 0 Å². The van der Waals surface area contributed by atoms with Crippen molar-refractivity contribution < 1.29 is 0 Å². The number of rotatable bonds is 4. The fourth-order valence-corrected chi connectivity index (χ4v) is 1.23. The summed E-state index contributed by atoms with van der Waals surface area (Å²) in [5.74, 6) is 0. The third-order valence-electron chi connectivity index (χ3n) is 2.39. The van der Waals surface area contributed by atoms with Gasteiger partial charge in [0, 0.05) is 0 Å². The first kappa shape index (κ1) is 17.9. The van der Waals surface area contributed by atoms with Gasteiger partial charge in [-0.2, -0.15) is 0 Å². The van der Waals surface area contributed by atoms with Gasteiger partial charge in [0.25, 0.3) is 0 Å². The van der Waals surface area contributed by atoms with E-state index in [4.69, 9.17) is 0 Å². The highest BCUT2D eigenvalue weighted by atomic mass is 14.0. The van der Waals surface area contributed by atoms with Gasteiger partial charge in [-0.15, -0.1) is 0 Å². The summed E-state index contributed by atoms with van der Waals surface area (Å²) >= 11 is 0. The fraction of sp³-hybridized carbons (Fsp3) is 0.750. The number of allylic oxidation sites excluding steroid dienone is 4. The van der Waals surface area contributed by atoms with E-state index in [-0.39, 0.29) is 0 Å². The average Bonchev–Trinajstić information content (AvgIpc) is 2.40. The zero-order valence-corrected chi connectivity index (χ0v) is 12.2. The van der Waals surface area contributed by atoms with Crippen LogP contribution in [0.4, 0.5) is 0 Å². The first-order valence-corrected chi connectivity index (χ1v) is 7.20. The Morgan fingerprint density at radius 3 is 1.94 bits per heavy atom. The third kappa shape index (κ3) is 13.5. The molecule has 1 aliphatic carbocycles. The second-order valence-corrected chi connectivity index (χ2v) is 3.86. The van der Waals surface area contributed by atoms with Gasteiger partial charge in [-0.1, -0.05) is 77.7 Å². The van der Waals surface area contributed by atoms with Crippen LogP contribution in [0.25, 0.3) is 0 Å². The van der Waals surface area contributed by atoms with Crippen LogP contribution in [-0.4, -0.2) is 0 Å². The Bertz CT molecular complexity index is 161. The highest BCUT2D eigenvalue weighted by Crippen LogP contribution is 2.15. The Hall–Kier alpha value is -0.520. The van der Waals surface area contributed by atoms with Crippen molar-refractivity contribution >= 4 is 0 Å². The largest absolute Gasteiger partial charge is 0.0840 e. The molecule has 0 radical (unpaired) electrons. The van der Waals surface area contributed by atoms with Crippen LogP contribution in [-0.2, 0) is 0 Å². The van der Waals surface area contributed by atoms with Crippen LogP contribution in [0.3, 0.4) is 0 Å². The van der Waals surface area contributed by atoms with Gasteiger partial charge in [-0.25, -0.2) is 0 Å². The third-order valence-corrected chi connectivity index (χ3v) is 2.39. The molecule has 0 nitrogen and oxygen atoms in total. The standard InChI is InChI=1S/C10H16.C4H10.C2H6/c1-2-3-7-10-8-5-4-6-9-10;1-3-4-2;1-2/h5,8-9H,2-4,6-7H2,1H3;3-4H2,1-2H3;1-2H3. The van der Waals surface area contributed by atoms with Gasteiger partial charge in [-0.05, 0) is 25.7 Å². The topological polar surface area (TPSA) is 0 Å². The van der Waals surface area contributed by atoms with Crippen molar-refractivity contribution in [3.05, 3.63) is 23.8 Å². The molecule has 1 rings (SSSR count).